The Morgan fingerprint density at radius 1 is 1.33 bits per heavy atom. The van der Waals surface area contributed by atoms with Crippen molar-refractivity contribution in [2.24, 2.45) is 0 Å². The summed E-state index contributed by atoms with van der Waals surface area (Å²) in [7, 11) is 0. The molecule has 0 atom stereocenters. The van der Waals surface area contributed by atoms with Gasteiger partial charge in [-0.1, -0.05) is 63.9 Å². The SMILES string of the molecule is Cl/C(=C\CBr)Cc1ccccc1. The molecule has 0 aliphatic rings. The normalized spacial score (nSPS) is 11.7. The largest absolute Gasteiger partial charge is 0.0891 e. The van der Waals surface area contributed by atoms with Gasteiger partial charge in [0.1, 0.15) is 0 Å². The fraction of sp³-hybridized carbons (Fsp3) is 0.200. The van der Waals surface area contributed by atoms with Crippen molar-refractivity contribution < 1.29 is 0 Å². The van der Waals surface area contributed by atoms with Gasteiger partial charge in [0.15, 0.2) is 0 Å². The van der Waals surface area contributed by atoms with Gasteiger partial charge in [0.05, 0.1) is 0 Å². The molecule has 0 aliphatic carbocycles. The molecule has 0 aromatic heterocycles. The van der Waals surface area contributed by atoms with Crippen LogP contribution in [0.2, 0.25) is 0 Å². The van der Waals surface area contributed by atoms with Crippen molar-refractivity contribution in [1.82, 2.24) is 0 Å². The average Bonchev–Trinajstić information content (AvgIpc) is 2.06. The van der Waals surface area contributed by atoms with E-state index in [9.17, 15) is 0 Å². The van der Waals surface area contributed by atoms with Crippen molar-refractivity contribution in [2.45, 2.75) is 6.42 Å². The summed E-state index contributed by atoms with van der Waals surface area (Å²) >= 11 is 9.25. The Kier molecular flexibility index (Phi) is 4.41. The number of rotatable bonds is 3. The van der Waals surface area contributed by atoms with Crippen molar-refractivity contribution >= 4 is 27.5 Å². The van der Waals surface area contributed by atoms with E-state index in [0.717, 1.165) is 16.8 Å². The van der Waals surface area contributed by atoms with Crippen molar-refractivity contribution in [2.75, 3.05) is 5.33 Å². The van der Waals surface area contributed by atoms with Crippen LogP contribution in [0, 0.1) is 0 Å². The molecule has 0 aliphatic heterocycles. The summed E-state index contributed by atoms with van der Waals surface area (Å²) in [5.41, 5.74) is 1.25. The van der Waals surface area contributed by atoms with Crippen LogP contribution in [0.15, 0.2) is 41.4 Å². The molecule has 0 saturated carbocycles. The van der Waals surface area contributed by atoms with E-state index in [1.165, 1.54) is 5.56 Å². The zero-order valence-corrected chi connectivity index (χ0v) is 8.98. The maximum absolute atomic E-state index is 5.95. The maximum atomic E-state index is 5.95. The Morgan fingerprint density at radius 3 is 2.58 bits per heavy atom. The molecule has 2 heteroatoms. The van der Waals surface area contributed by atoms with Crippen LogP contribution in [0.3, 0.4) is 0 Å². The molecule has 1 aromatic carbocycles. The summed E-state index contributed by atoms with van der Waals surface area (Å²) in [5, 5.41) is 1.71. The third-order valence-electron chi connectivity index (χ3n) is 1.51. The monoisotopic (exact) mass is 244 g/mol. The molecule has 0 heterocycles. The van der Waals surface area contributed by atoms with E-state index >= 15 is 0 Å². The highest BCUT2D eigenvalue weighted by atomic mass is 79.9. The highest BCUT2D eigenvalue weighted by Gasteiger charge is 1.93. The van der Waals surface area contributed by atoms with Crippen LogP contribution in [-0.2, 0) is 6.42 Å². The molecular formula is C10H10BrCl. The van der Waals surface area contributed by atoms with E-state index in [2.05, 4.69) is 28.1 Å². The minimum atomic E-state index is 0.818. The first-order chi connectivity index (χ1) is 5.83. The fourth-order valence-electron chi connectivity index (χ4n) is 0.947. The first kappa shape index (κ1) is 9.82. The standard InChI is InChI=1S/C10H10BrCl/c11-7-6-10(12)8-9-4-2-1-3-5-9/h1-6H,7-8H2/b10-6-. The van der Waals surface area contributed by atoms with Crippen molar-refractivity contribution in [3.05, 3.63) is 47.0 Å². The molecule has 0 spiro atoms. The summed E-state index contributed by atoms with van der Waals surface area (Å²) in [6.45, 7) is 0. The molecule has 0 saturated heterocycles. The molecule has 0 nitrogen and oxygen atoms in total. The third-order valence-corrected chi connectivity index (χ3v) is 2.13. The second kappa shape index (κ2) is 5.39. The lowest BCUT2D eigenvalue weighted by atomic mass is 10.1. The highest BCUT2D eigenvalue weighted by Crippen LogP contribution is 2.11. The lowest BCUT2D eigenvalue weighted by Gasteiger charge is -1.97. The maximum Gasteiger partial charge on any atom is 0.0226 e. The van der Waals surface area contributed by atoms with Gasteiger partial charge in [0.2, 0.25) is 0 Å². The zero-order valence-electron chi connectivity index (χ0n) is 6.63. The lowest BCUT2D eigenvalue weighted by Crippen LogP contribution is -1.83. The summed E-state index contributed by atoms with van der Waals surface area (Å²) in [5.74, 6) is 0. The molecule has 0 N–H and O–H groups in total. The molecule has 0 bridgehead atoms. The van der Waals surface area contributed by atoms with Crippen LogP contribution in [0.4, 0.5) is 0 Å². The molecule has 0 amide bonds. The first-order valence-corrected chi connectivity index (χ1v) is 5.27. The van der Waals surface area contributed by atoms with Crippen molar-refractivity contribution in [3.63, 3.8) is 0 Å². The molecule has 64 valence electrons. The summed E-state index contributed by atoms with van der Waals surface area (Å²) < 4.78 is 0. The van der Waals surface area contributed by atoms with Crippen LogP contribution in [0.25, 0.3) is 0 Å². The highest BCUT2D eigenvalue weighted by molar-refractivity contribution is 9.09. The Hall–Kier alpha value is -0.270. The molecule has 1 aromatic rings. The fourth-order valence-corrected chi connectivity index (χ4v) is 1.76. The predicted molar refractivity (Wildman–Crippen MR) is 57.9 cm³/mol. The van der Waals surface area contributed by atoms with Gasteiger partial charge in [0.25, 0.3) is 0 Å². The number of allylic oxidation sites excluding steroid dienone is 2. The van der Waals surface area contributed by atoms with Crippen molar-refractivity contribution in [1.29, 1.82) is 0 Å². The molecule has 0 radical (unpaired) electrons. The molecule has 1 rings (SSSR count). The van der Waals surface area contributed by atoms with Crippen LogP contribution in [-0.4, -0.2) is 5.33 Å². The van der Waals surface area contributed by atoms with E-state index in [1.54, 1.807) is 0 Å². The summed E-state index contributed by atoms with van der Waals surface area (Å²) in [6, 6.07) is 10.2. The topological polar surface area (TPSA) is 0 Å². The molecule has 12 heavy (non-hydrogen) atoms. The Bertz CT molecular complexity index is 254. The van der Waals surface area contributed by atoms with Gasteiger partial charge in [-0.15, -0.1) is 0 Å². The smallest absolute Gasteiger partial charge is 0.0226 e. The van der Waals surface area contributed by atoms with Gasteiger partial charge in [0, 0.05) is 16.8 Å². The second-order valence-electron chi connectivity index (χ2n) is 2.47. The number of benzene rings is 1. The van der Waals surface area contributed by atoms with Crippen LogP contribution >= 0.6 is 27.5 Å². The average molecular weight is 246 g/mol. The van der Waals surface area contributed by atoms with E-state index in [1.807, 2.05) is 24.3 Å². The minimum absolute atomic E-state index is 0.818. The van der Waals surface area contributed by atoms with Gasteiger partial charge in [-0.3, -0.25) is 0 Å². The van der Waals surface area contributed by atoms with E-state index < -0.39 is 0 Å². The lowest BCUT2D eigenvalue weighted by molar-refractivity contribution is 1.24. The van der Waals surface area contributed by atoms with E-state index in [4.69, 9.17) is 11.6 Å². The number of hydrogen-bond donors (Lipinski definition) is 0. The molecule has 0 fully saturated rings. The van der Waals surface area contributed by atoms with Crippen LogP contribution < -0.4 is 0 Å². The third kappa shape index (κ3) is 3.42. The van der Waals surface area contributed by atoms with E-state index in [0.29, 0.717) is 0 Å². The second-order valence-corrected chi connectivity index (χ2v) is 3.60. The van der Waals surface area contributed by atoms with E-state index in [-0.39, 0.29) is 0 Å². The Balaban J connectivity index is 2.58. The van der Waals surface area contributed by atoms with Gasteiger partial charge in [-0.2, -0.15) is 0 Å². The van der Waals surface area contributed by atoms with Crippen LogP contribution in [0.1, 0.15) is 5.56 Å². The minimum Gasteiger partial charge on any atom is -0.0891 e. The summed E-state index contributed by atoms with van der Waals surface area (Å²) in [6.07, 6.45) is 2.79. The molecular weight excluding hydrogens is 235 g/mol. The molecule has 0 unspecified atom stereocenters. The Morgan fingerprint density at radius 2 is 2.00 bits per heavy atom. The van der Waals surface area contributed by atoms with Gasteiger partial charge < -0.3 is 0 Å². The zero-order chi connectivity index (χ0) is 8.81. The van der Waals surface area contributed by atoms with Gasteiger partial charge >= 0.3 is 0 Å². The first-order valence-electron chi connectivity index (χ1n) is 3.77. The number of halogens is 2. The van der Waals surface area contributed by atoms with Crippen molar-refractivity contribution in [3.8, 4) is 0 Å². The predicted octanol–water partition coefficient (Wildman–Crippen LogP) is 3.75. The number of hydrogen-bond acceptors (Lipinski definition) is 0. The van der Waals surface area contributed by atoms with Crippen LogP contribution in [0.5, 0.6) is 0 Å². The quantitative estimate of drug-likeness (QED) is 0.712. The summed E-state index contributed by atoms with van der Waals surface area (Å²) in [4.78, 5) is 0. The number of alkyl halides is 1. The van der Waals surface area contributed by atoms with Gasteiger partial charge in [-0.05, 0) is 5.56 Å². The van der Waals surface area contributed by atoms with Gasteiger partial charge in [-0.25, -0.2) is 0 Å². The Labute approximate surface area is 86.4 Å².